The van der Waals surface area contributed by atoms with E-state index < -0.39 is 11.2 Å². The molecule has 0 aromatic carbocycles. The second kappa shape index (κ2) is 6.52. The summed E-state index contributed by atoms with van der Waals surface area (Å²) in [5.41, 5.74) is 0.135. The molecule has 1 unspecified atom stereocenters. The van der Waals surface area contributed by atoms with Crippen molar-refractivity contribution < 1.29 is 14.4 Å². The summed E-state index contributed by atoms with van der Waals surface area (Å²) in [6.45, 7) is 6.86. The molecule has 0 bridgehead atoms. The van der Waals surface area contributed by atoms with Gasteiger partial charge in [0.15, 0.2) is 6.29 Å². The van der Waals surface area contributed by atoms with Crippen LogP contribution in [0.15, 0.2) is 12.3 Å². The number of aryl methyl sites for hydroxylation is 1. The molecule has 1 aliphatic rings. The Labute approximate surface area is 130 Å². The fraction of sp³-hybridized carbons (Fsp3) is 0.625. The van der Waals surface area contributed by atoms with Crippen molar-refractivity contribution in [2.45, 2.75) is 46.1 Å². The maximum Gasteiger partial charge on any atom is 0.264 e. The lowest BCUT2D eigenvalue weighted by molar-refractivity contribution is -0.136. The van der Waals surface area contributed by atoms with Crippen LogP contribution in [0.2, 0.25) is 0 Å². The molecule has 0 spiro atoms. The van der Waals surface area contributed by atoms with Crippen molar-refractivity contribution in [1.82, 2.24) is 14.7 Å². The van der Waals surface area contributed by atoms with Crippen molar-refractivity contribution >= 4 is 18.0 Å². The molecule has 0 saturated carbocycles. The van der Waals surface area contributed by atoms with Gasteiger partial charge in [0.05, 0.1) is 11.7 Å². The number of hydrogen-bond acceptors (Lipinski definition) is 5. The first kappa shape index (κ1) is 16.5. The Morgan fingerprint density at radius 1 is 1.45 bits per heavy atom. The third-order valence-corrected chi connectivity index (χ3v) is 4.40. The van der Waals surface area contributed by atoms with Crippen molar-refractivity contribution in [3.8, 4) is 0 Å². The molecule has 2 rings (SSSR count). The van der Waals surface area contributed by atoms with E-state index in [4.69, 9.17) is 0 Å². The van der Waals surface area contributed by atoms with Crippen LogP contribution in [0.3, 0.4) is 0 Å². The van der Waals surface area contributed by atoms with Crippen LogP contribution >= 0.6 is 0 Å². The van der Waals surface area contributed by atoms with Crippen LogP contribution in [-0.2, 0) is 9.59 Å². The topological polar surface area (TPSA) is 72.3 Å². The predicted molar refractivity (Wildman–Crippen MR) is 81.7 cm³/mol. The SMILES string of the molecule is Cc1ccn(C(=O)C2CCCN2CCC(C)(C)C(=O)C=O)n1. The van der Waals surface area contributed by atoms with Crippen LogP contribution in [0.25, 0.3) is 0 Å². The van der Waals surface area contributed by atoms with Gasteiger partial charge in [0.2, 0.25) is 5.78 Å². The molecular formula is C16H23N3O3. The monoisotopic (exact) mass is 305 g/mol. The molecule has 1 aromatic heterocycles. The third-order valence-electron chi connectivity index (χ3n) is 4.40. The van der Waals surface area contributed by atoms with E-state index >= 15 is 0 Å². The number of hydrogen-bond donors (Lipinski definition) is 0. The van der Waals surface area contributed by atoms with Crippen LogP contribution in [-0.4, -0.2) is 51.8 Å². The number of Topliss-reactive ketones (excluding diaryl/α,β-unsaturated/α-hetero) is 1. The summed E-state index contributed by atoms with van der Waals surface area (Å²) in [5.74, 6) is -0.414. The van der Waals surface area contributed by atoms with Gasteiger partial charge in [0, 0.05) is 11.6 Å². The van der Waals surface area contributed by atoms with Crippen LogP contribution in [0.1, 0.15) is 43.6 Å². The van der Waals surface area contributed by atoms with Crippen LogP contribution in [0.4, 0.5) is 0 Å². The molecule has 1 atom stereocenters. The number of carbonyl (C=O) groups is 3. The van der Waals surface area contributed by atoms with E-state index in [1.807, 2.05) is 13.0 Å². The predicted octanol–water partition coefficient (Wildman–Crippen LogP) is 1.48. The molecule has 120 valence electrons. The highest BCUT2D eigenvalue weighted by Gasteiger charge is 2.34. The van der Waals surface area contributed by atoms with Gasteiger partial charge in [-0.25, -0.2) is 4.68 Å². The summed E-state index contributed by atoms with van der Waals surface area (Å²) in [7, 11) is 0. The molecule has 1 saturated heterocycles. The number of likely N-dealkylation sites (tertiary alicyclic amines) is 1. The Morgan fingerprint density at radius 2 is 2.18 bits per heavy atom. The minimum absolute atomic E-state index is 0.0230. The van der Waals surface area contributed by atoms with E-state index in [2.05, 4.69) is 10.00 Å². The lowest BCUT2D eigenvalue weighted by Gasteiger charge is -2.27. The lowest BCUT2D eigenvalue weighted by Crippen LogP contribution is -2.41. The van der Waals surface area contributed by atoms with Crippen molar-refractivity contribution in [3.63, 3.8) is 0 Å². The number of carbonyl (C=O) groups excluding carboxylic acids is 3. The normalized spacial score (nSPS) is 19.3. The molecule has 0 aliphatic carbocycles. The smallest absolute Gasteiger partial charge is 0.264 e. The van der Waals surface area contributed by atoms with Crippen molar-refractivity contribution in [3.05, 3.63) is 18.0 Å². The molecule has 0 N–H and O–H groups in total. The Hall–Kier alpha value is -1.82. The van der Waals surface area contributed by atoms with Crippen LogP contribution in [0, 0.1) is 12.3 Å². The minimum atomic E-state index is -0.680. The number of aromatic nitrogens is 2. The largest absolute Gasteiger partial charge is 0.295 e. The summed E-state index contributed by atoms with van der Waals surface area (Å²) in [6, 6.07) is 1.62. The van der Waals surface area contributed by atoms with Gasteiger partial charge in [-0.3, -0.25) is 19.3 Å². The summed E-state index contributed by atoms with van der Waals surface area (Å²) in [4.78, 5) is 36.9. The molecule has 1 fully saturated rings. The van der Waals surface area contributed by atoms with Gasteiger partial charge in [-0.15, -0.1) is 0 Å². The summed E-state index contributed by atoms with van der Waals surface area (Å²) >= 11 is 0. The molecule has 6 nitrogen and oxygen atoms in total. The Balaban J connectivity index is 2.00. The number of ketones is 1. The molecule has 6 heteroatoms. The zero-order valence-electron chi connectivity index (χ0n) is 13.4. The second-order valence-corrected chi connectivity index (χ2v) is 6.55. The van der Waals surface area contributed by atoms with E-state index in [1.54, 1.807) is 20.0 Å². The lowest BCUT2D eigenvalue weighted by atomic mass is 9.85. The molecular weight excluding hydrogens is 282 g/mol. The average molecular weight is 305 g/mol. The van der Waals surface area contributed by atoms with Gasteiger partial charge in [0.1, 0.15) is 0 Å². The Morgan fingerprint density at radius 3 is 2.77 bits per heavy atom. The van der Waals surface area contributed by atoms with E-state index in [-0.39, 0.29) is 11.9 Å². The highest BCUT2D eigenvalue weighted by molar-refractivity contribution is 6.27. The highest BCUT2D eigenvalue weighted by atomic mass is 16.2. The Bertz CT molecular complexity index is 577. The average Bonchev–Trinajstić information content (AvgIpc) is 3.12. The fourth-order valence-electron chi connectivity index (χ4n) is 2.77. The maximum atomic E-state index is 12.5. The minimum Gasteiger partial charge on any atom is -0.295 e. The summed E-state index contributed by atoms with van der Waals surface area (Å²) < 4.78 is 1.40. The molecule has 22 heavy (non-hydrogen) atoms. The van der Waals surface area contributed by atoms with E-state index in [0.29, 0.717) is 19.3 Å². The van der Waals surface area contributed by atoms with Gasteiger partial charge in [-0.2, -0.15) is 5.10 Å². The van der Waals surface area contributed by atoms with Crippen molar-refractivity contribution in [2.75, 3.05) is 13.1 Å². The van der Waals surface area contributed by atoms with E-state index in [9.17, 15) is 14.4 Å². The third kappa shape index (κ3) is 3.50. The van der Waals surface area contributed by atoms with Crippen molar-refractivity contribution in [2.24, 2.45) is 5.41 Å². The first-order valence-electron chi connectivity index (χ1n) is 7.65. The fourth-order valence-corrected chi connectivity index (χ4v) is 2.77. The van der Waals surface area contributed by atoms with Crippen LogP contribution < -0.4 is 0 Å². The van der Waals surface area contributed by atoms with E-state index in [1.165, 1.54) is 4.68 Å². The second-order valence-electron chi connectivity index (χ2n) is 6.55. The number of rotatable bonds is 6. The standard InChI is InChI=1S/C16H23N3O3/c1-12-6-9-19(17-12)15(22)13-5-4-8-18(13)10-7-16(2,3)14(21)11-20/h6,9,11,13H,4-5,7-8,10H2,1-3H3. The van der Waals surface area contributed by atoms with Gasteiger partial charge in [0.25, 0.3) is 5.91 Å². The zero-order valence-corrected chi connectivity index (χ0v) is 13.4. The zero-order chi connectivity index (χ0) is 16.3. The number of nitrogens with zero attached hydrogens (tertiary/aromatic N) is 3. The molecule has 1 aliphatic heterocycles. The quantitative estimate of drug-likeness (QED) is 0.588. The summed E-state index contributed by atoms with van der Waals surface area (Å²) in [6.07, 6.45) is 4.40. The molecule has 0 amide bonds. The van der Waals surface area contributed by atoms with Crippen LogP contribution in [0.5, 0.6) is 0 Å². The van der Waals surface area contributed by atoms with Gasteiger partial charge in [-0.1, -0.05) is 13.8 Å². The van der Waals surface area contributed by atoms with Crippen molar-refractivity contribution in [1.29, 1.82) is 0 Å². The summed E-state index contributed by atoms with van der Waals surface area (Å²) in [5, 5.41) is 4.18. The number of aldehydes is 1. The highest BCUT2D eigenvalue weighted by Crippen LogP contribution is 2.25. The van der Waals surface area contributed by atoms with Gasteiger partial charge in [-0.05, 0) is 45.3 Å². The molecule has 1 aromatic rings. The Kier molecular flexibility index (Phi) is 4.90. The van der Waals surface area contributed by atoms with E-state index in [0.717, 1.165) is 25.1 Å². The molecule has 2 heterocycles. The first-order chi connectivity index (χ1) is 10.3. The maximum absolute atomic E-state index is 12.5. The molecule has 0 radical (unpaired) electrons. The first-order valence-corrected chi connectivity index (χ1v) is 7.65. The van der Waals surface area contributed by atoms with Gasteiger partial charge >= 0.3 is 0 Å². The van der Waals surface area contributed by atoms with Gasteiger partial charge < -0.3 is 0 Å².